The lowest BCUT2D eigenvalue weighted by Gasteiger charge is -2.07. The number of aromatic hydroxyl groups is 1. The van der Waals surface area contributed by atoms with Gasteiger partial charge in [-0.05, 0) is 24.3 Å². The van der Waals surface area contributed by atoms with E-state index >= 15 is 0 Å². The number of phenolic OH excluding ortho intramolecular Hbond substituents is 1. The number of hydrogen-bond donors (Lipinski definition) is 3. The highest BCUT2D eigenvalue weighted by atomic mass is 19.1. The fourth-order valence-electron chi connectivity index (χ4n) is 1.87. The molecule has 0 spiro atoms. The van der Waals surface area contributed by atoms with Crippen LogP contribution in [0.3, 0.4) is 0 Å². The summed E-state index contributed by atoms with van der Waals surface area (Å²) in [5.41, 5.74) is 0.130. The summed E-state index contributed by atoms with van der Waals surface area (Å²) < 4.78 is 26.2. The van der Waals surface area contributed by atoms with Crippen LogP contribution in [-0.4, -0.2) is 23.5 Å². The van der Waals surface area contributed by atoms with Crippen molar-refractivity contribution in [3.63, 3.8) is 0 Å². The van der Waals surface area contributed by atoms with Gasteiger partial charge in [-0.15, -0.1) is 0 Å². The smallest absolute Gasteiger partial charge is 0.254 e. The molecule has 7 heteroatoms. The van der Waals surface area contributed by atoms with Crippen molar-refractivity contribution in [3.8, 4) is 5.75 Å². The zero-order chi connectivity index (χ0) is 16.8. The van der Waals surface area contributed by atoms with E-state index in [1.807, 2.05) is 0 Å². The maximum absolute atomic E-state index is 13.4. The van der Waals surface area contributed by atoms with E-state index < -0.39 is 17.5 Å². The second kappa shape index (κ2) is 7.35. The van der Waals surface area contributed by atoms with E-state index in [1.165, 1.54) is 12.1 Å². The number of amides is 2. The van der Waals surface area contributed by atoms with Crippen LogP contribution in [0, 0.1) is 11.6 Å². The van der Waals surface area contributed by atoms with Gasteiger partial charge in [0.2, 0.25) is 5.91 Å². The highest BCUT2D eigenvalue weighted by Gasteiger charge is 2.12. The maximum Gasteiger partial charge on any atom is 0.254 e. The number of anilines is 1. The molecule has 3 N–H and O–H groups in total. The quantitative estimate of drug-likeness (QED) is 0.792. The standard InChI is InChI=1S/C16H14F2N2O3/c17-10-4-5-13(14(18)8-10)16(23)19-7-6-15(22)20-11-2-1-3-12(21)9-11/h1-5,8-9,21H,6-7H2,(H,19,23)(H,20,22). The lowest BCUT2D eigenvalue weighted by Crippen LogP contribution is -2.28. The summed E-state index contributed by atoms with van der Waals surface area (Å²) in [7, 11) is 0. The summed E-state index contributed by atoms with van der Waals surface area (Å²) in [4.78, 5) is 23.4. The molecule has 2 aromatic carbocycles. The van der Waals surface area contributed by atoms with Crippen LogP contribution in [0.4, 0.5) is 14.5 Å². The van der Waals surface area contributed by atoms with Crippen molar-refractivity contribution < 1.29 is 23.5 Å². The Kier molecular flexibility index (Phi) is 5.24. The fourth-order valence-corrected chi connectivity index (χ4v) is 1.87. The summed E-state index contributed by atoms with van der Waals surface area (Å²) in [5.74, 6) is -2.83. The van der Waals surface area contributed by atoms with Crippen molar-refractivity contribution in [2.45, 2.75) is 6.42 Å². The van der Waals surface area contributed by atoms with Gasteiger partial charge in [0.25, 0.3) is 5.91 Å². The van der Waals surface area contributed by atoms with E-state index in [9.17, 15) is 23.5 Å². The molecule has 0 saturated carbocycles. The molecule has 0 fully saturated rings. The highest BCUT2D eigenvalue weighted by molar-refractivity contribution is 5.95. The first kappa shape index (κ1) is 16.4. The Morgan fingerprint density at radius 1 is 1.09 bits per heavy atom. The van der Waals surface area contributed by atoms with Crippen LogP contribution in [0.5, 0.6) is 5.75 Å². The van der Waals surface area contributed by atoms with Crippen LogP contribution >= 0.6 is 0 Å². The third-order valence-electron chi connectivity index (χ3n) is 2.94. The van der Waals surface area contributed by atoms with Gasteiger partial charge in [-0.3, -0.25) is 9.59 Å². The zero-order valence-electron chi connectivity index (χ0n) is 12.0. The van der Waals surface area contributed by atoms with Crippen molar-refractivity contribution in [1.82, 2.24) is 5.32 Å². The maximum atomic E-state index is 13.4. The third kappa shape index (κ3) is 4.77. The van der Waals surface area contributed by atoms with Crippen LogP contribution in [0.25, 0.3) is 0 Å². The van der Waals surface area contributed by atoms with E-state index in [0.29, 0.717) is 11.8 Å². The molecule has 0 saturated heterocycles. The van der Waals surface area contributed by atoms with Gasteiger partial charge >= 0.3 is 0 Å². The molecule has 0 aliphatic heterocycles. The summed E-state index contributed by atoms with van der Waals surface area (Å²) in [6, 6.07) is 8.65. The average Bonchev–Trinajstić information content (AvgIpc) is 2.47. The average molecular weight is 320 g/mol. The Morgan fingerprint density at radius 2 is 1.87 bits per heavy atom. The van der Waals surface area contributed by atoms with Crippen molar-refractivity contribution in [3.05, 3.63) is 59.7 Å². The molecular weight excluding hydrogens is 306 g/mol. The molecule has 0 heterocycles. The Bertz CT molecular complexity index is 735. The minimum Gasteiger partial charge on any atom is -0.508 e. The molecule has 2 amide bonds. The number of benzene rings is 2. The Labute approximate surface area is 130 Å². The number of phenols is 1. The molecule has 0 unspecified atom stereocenters. The summed E-state index contributed by atoms with van der Waals surface area (Å²) in [6.45, 7) is -0.0136. The Hall–Kier alpha value is -2.96. The molecule has 2 aromatic rings. The first-order chi connectivity index (χ1) is 11.0. The summed E-state index contributed by atoms with van der Waals surface area (Å²) >= 11 is 0. The Morgan fingerprint density at radius 3 is 2.57 bits per heavy atom. The monoisotopic (exact) mass is 320 g/mol. The second-order valence-electron chi connectivity index (χ2n) is 4.73. The van der Waals surface area contributed by atoms with E-state index in [2.05, 4.69) is 10.6 Å². The van der Waals surface area contributed by atoms with Gasteiger partial charge in [0, 0.05) is 30.8 Å². The number of carbonyl (C=O) groups excluding carboxylic acids is 2. The van der Waals surface area contributed by atoms with E-state index in [1.54, 1.807) is 12.1 Å². The lowest BCUT2D eigenvalue weighted by atomic mass is 10.2. The first-order valence-electron chi connectivity index (χ1n) is 6.78. The van der Waals surface area contributed by atoms with Gasteiger partial charge in [0.1, 0.15) is 17.4 Å². The SMILES string of the molecule is O=C(CCNC(=O)c1ccc(F)cc1F)Nc1cccc(O)c1. The van der Waals surface area contributed by atoms with Gasteiger partial charge in [0.15, 0.2) is 0 Å². The lowest BCUT2D eigenvalue weighted by molar-refractivity contribution is -0.116. The van der Waals surface area contributed by atoms with E-state index in [4.69, 9.17) is 0 Å². The second-order valence-corrected chi connectivity index (χ2v) is 4.73. The molecule has 120 valence electrons. The van der Waals surface area contributed by atoms with Crippen molar-refractivity contribution in [2.75, 3.05) is 11.9 Å². The van der Waals surface area contributed by atoms with Crippen molar-refractivity contribution in [2.24, 2.45) is 0 Å². The molecule has 0 aromatic heterocycles. The van der Waals surface area contributed by atoms with E-state index in [-0.39, 0.29) is 30.2 Å². The van der Waals surface area contributed by atoms with Gasteiger partial charge in [-0.1, -0.05) is 6.07 Å². The number of nitrogens with one attached hydrogen (secondary N) is 2. The van der Waals surface area contributed by atoms with Crippen molar-refractivity contribution >= 4 is 17.5 Å². The predicted molar refractivity (Wildman–Crippen MR) is 80.0 cm³/mol. The molecule has 23 heavy (non-hydrogen) atoms. The molecule has 2 rings (SSSR count). The fraction of sp³-hybridized carbons (Fsp3) is 0.125. The molecule has 0 radical (unpaired) electrons. The summed E-state index contributed by atoms with van der Waals surface area (Å²) in [5, 5.41) is 14.2. The summed E-state index contributed by atoms with van der Waals surface area (Å²) in [6.07, 6.45) is -0.0375. The number of halogens is 2. The van der Waals surface area contributed by atoms with Gasteiger partial charge in [-0.25, -0.2) is 8.78 Å². The molecular formula is C16H14F2N2O3. The number of hydrogen-bond acceptors (Lipinski definition) is 3. The molecule has 0 bridgehead atoms. The molecule has 0 atom stereocenters. The van der Waals surface area contributed by atoms with Gasteiger partial charge in [0.05, 0.1) is 5.56 Å². The third-order valence-corrected chi connectivity index (χ3v) is 2.94. The number of rotatable bonds is 5. The van der Waals surface area contributed by atoms with Gasteiger partial charge in [-0.2, -0.15) is 0 Å². The van der Waals surface area contributed by atoms with Crippen LogP contribution in [0.15, 0.2) is 42.5 Å². The van der Waals surface area contributed by atoms with Crippen molar-refractivity contribution in [1.29, 1.82) is 0 Å². The largest absolute Gasteiger partial charge is 0.508 e. The molecule has 0 aliphatic rings. The molecule has 0 aliphatic carbocycles. The minimum atomic E-state index is -0.966. The number of carbonyl (C=O) groups is 2. The topological polar surface area (TPSA) is 78.4 Å². The van der Waals surface area contributed by atoms with Gasteiger partial charge < -0.3 is 15.7 Å². The van der Waals surface area contributed by atoms with Crippen LogP contribution in [0.1, 0.15) is 16.8 Å². The van der Waals surface area contributed by atoms with Crippen LogP contribution in [-0.2, 0) is 4.79 Å². The first-order valence-corrected chi connectivity index (χ1v) is 6.78. The van der Waals surface area contributed by atoms with Crippen LogP contribution in [0.2, 0.25) is 0 Å². The minimum absolute atomic E-state index is 0.0136. The highest BCUT2D eigenvalue weighted by Crippen LogP contribution is 2.15. The zero-order valence-corrected chi connectivity index (χ0v) is 12.0. The normalized spacial score (nSPS) is 10.2. The van der Waals surface area contributed by atoms with E-state index in [0.717, 1.165) is 12.1 Å². The molecule has 5 nitrogen and oxygen atoms in total. The van der Waals surface area contributed by atoms with Crippen LogP contribution < -0.4 is 10.6 Å². The predicted octanol–water partition coefficient (Wildman–Crippen LogP) is 2.43. The Balaban J connectivity index is 1.82.